The van der Waals surface area contributed by atoms with Crippen molar-refractivity contribution in [3.63, 3.8) is 0 Å². The number of hydrogen-bond donors (Lipinski definition) is 3. The van der Waals surface area contributed by atoms with E-state index >= 15 is 0 Å². The molecular formula is C22H21N7O2. The molecule has 3 N–H and O–H groups in total. The Kier molecular flexibility index (Phi) is 5.57. The quantitative estimate of drug-likeness (QED) is 0.419. The molecule has 0 fully saturated rings. The Bertz CT molecular complexity index is 1170. The number of hydrogen-bond acceptors (Lipinski definition) is 5. The average molecular weight is 416 g/mol. The van der Waals surface area contributed by atoms with Crippen molar-refractivity contribution >= 4 is 46.2 Å². The van der Waals surface area contributed by atoms with Gasteiger partial charge in [0, 0.05) is 5.92 Å². The second-order valence-electron chi connectivity index (χ2n) is 7.08. The van der Waals surface area contributed by atoms with Gasteiger partial charge in [-0.15, -0.1) is 0 Å². The van der Waals surface area contributed by atoms with Crippen LogP contribution in [0.5, 0.6) is 0 Å². The molecule has 0 bridgehead atoms. The Morgan fingerprint density at radius 1 is 0.903 bits per heavy atom. The van der Waals surface area contributed by atoms with Gasteiger partial charge in [0.05, 0.1) is 17.7 Å². The number of fused-ring (bicyclic) bond motifs is 1. The number of para-hydroxylation sites is 2. The molecule has 4 aromatic rings. The number of anilines is 4. The molecule has 31 heavy (non-hydrogen) atoms. The van der Waals surface area contributed by atoms with Crippen LogP contribution in [-0.4, -0.2) is 31.9 Å². The maximum absolute atomic E-state index is 13.4. The molecule has 2 aromatic heterocycles. The summed E-state index contributed by atoms with van der Waals surface area (Å²) in [6.45, 7) is 3.53. The molecule has 0 saturated heterocycles. The van der Waals surface area contributed by atoms with Gasteiger partial charge >= 0.3 is 6.03 Å². The van der Waals surface area contributed by atoms with Gasteiger partial charge in [0.15, 0.2) is 11.5 Å². The van der Waals surface area contributed by atoms with Crippen LogP contribution in [0.15, 0.2) is 67.0 Å². The summed E-state index contributed by atoms with van der Waals surface area (Å²) in [5.74, 6) is -0.200. The van der Waals surface area contributed by atoms with E-state index in [1.807, 2.05) is 60.7 Å². The third kappa shape index (κ3) is 4.35. The van der Waals surface area contributed by atoms with E-state index in [0.29, 0.717) is 22.5 Å². The lowest BCUT2D eigenvalue weighted by Crippen LogP contribution is -2.31. The number of benzene rings is 2. The molecule has 9 heteroatoms. The van der Waals surface area contributed by atoms with Gasteiger partial charge in [0.25, 0.3) is 0 Å². The second kappa shape index (κ2) is 8.62. The zero-order valence-electron chi connectivity index (χ0n) is 17.0. The topological polar surface area (TPSA) is 116 Å². The first kappa shape index (κ1) is 20.0. The lowest BCUT2D eigenvalue weighted by Gasteiger charge is -2.23. The molecule has 0 atom stereocenters. The molecule has 4 rings (SSSR count). The van der Waals surface area contributed by atoms with Crippen molar-refractivity contribution in [1.82, 2.24) is 19.9 Å². The summed E-state index contributed by atoms with van der Waals surface area (Å²) in [5.41, 5.74) is 2.16. The third-order valence-corrected chi connectivity index (χ3v) is 4.50. The van der Waals surface area contributed by atoms with Crippen LogP contribution >= 0.6 is 0 Å². The van der Waals surface area contributed by atoms with Gasteiger partial charge in [-0.1, -0.05) is 50.2 Å². The predicted octanol–water partition coefficient (Wildman–Crippen LogP) is 4.32. The minimum Gasteiger partial charge on any atom is -0.340 e. The van der Waals surface area contributed by atoms with Gasteiger partial charge < -0.3 is 4.98 Å². The van der Waals surface area contributed by atoms with E-state index in [4.69, 9.17) is 0 Å². The van der Waals surface area contributed by atoms with Crippen LogP contribution in [-0.2, 0) is 4.79 Å². The summed E-state index contributed by atoms with van der Waals surface area (Å²) in [4.78, 5) is 42.6. The smallest absolute Gasteiger partial charge is 0.332 e. The molecule has 2 aromatic carbocycles. The van der Waals surface area contributed by atoms with Crippen molar-refractivity contribution in [2.45, 2.75) is 13.8 Å². The number of imidazole rings is 1. The number of nitrogens with one attached hydrogen (secondary N) is 3. The number of H-pyrrole nitrogens is 1. The Hall–Kier alpha value is -4.27. The van der Waals surface area contributed by atoms with Crippen molar-refractivity contribution in [2.24, 2.45) is 5.92 Å². The number of urea groups is 1. The highest BCUT2D eigenvalue weighted by atomic mass is 16.2. The van der Waals surface area contributed by atoms with E-state index in [1.165, 1.54) is 11.2 Å². The summed E-state index contributed by atoms with van der Waals surface area (Å²) < 4.78 is 0. The van der Waals surface area contributed by atoms with Gasteiger partial charge in [0.2, 0.25) is 11.9 Å². The fraction of sp³-hybridized carbons (Fsp3) is 0.136. The first-order valence-corrected chi connectivity index (χ1v) is 9.76. The highest BCUT2D eigenvalue weighted by molar-refractivity contribution is 6.09. The second-order valence-corrected chi connectivity index (χ2v) is 7.08. The summed E-state index contributed by atoms with van der Waals surface area (Å²) >= 11 is 0. The average Bonchev–Trinajstić information content (AvgIpc) is 3.24. The number of aromatic nitrogens is 4. The number of aromatic amines is 1. The maximum Gasteiger partial charge on any atom is 0.332 e. The molecule has 9 nitrogen and oxygen atoms in total. The zero-order chi connectivity index (χ0) is 21.8. The van der Waals surface area contributed by atoms with Crippen molar-refractivity contribution in [3.8, 4) is 0 Å². The van der Waals surface area contributed by atoms with Crippen LogP contribution in [0.25, 0.3) is 11.2 Å². The lowest BCUT2D eigenvalue weighted by atomic mass is 10.2. The minimum absolute atomic E-state index is 0.0690. The van der Waals surface area contributed by atoms with Crippen LogP contribution in [0, 0.1) is 5.92 Å². The lowest BCUT2D eigenvalue weighted by molar-refractivity contribution is -0.118. The van der Waals surface area contributed by atoms with Crippen LogP contribution < -0.4 is 15.5 Å². The van der Waals surface area contributed by atoms with E-state index in [-0.39, 0.29) is 23.6 Å². The van der Waals surface area contributed by atoms with Crippen molar-refractivity contribution in [1.29, 1.82) is 0 Å². The fourth-order valence-electron chi connectivity index (χ4n) is 2.93. The van der Waals surface area contributed by atoms with E-state index < -0.39 is 6.03 Å². The van der Waals surface area contributed by atoms with Gasteiger partial charge in [-0.2, -0.15) is 9.97 Å². The van der Waals surface area contributed by atoms with E-state index in [0.717, 1.165) is 0 Å². The maximum atomic E-state index is 13.4. The highest BCUT2D eigenvalue weighted by Crippen LogP contribution is 2.27. The van der Waals surface area contributed by atoms with Crippen LogP contribution in [0.2, 0.25) is 0 Å². The summed E-state index contributed by atoms with van der Waals surface area (Å²) in [6.07, 6.45) is 1.45. The number of carbonyl (C=O) groups is 2. The molecule has 0 spiro atoms. The molecule has 3 amide bonds. The van der Waals surface area contributed by atoms with Gasteiger partial charge in [-0.3, -0.25) is 20.3 Å². The zero-order valence-corrected chi connectivity index (χ0v) is 17.0. The predicted molar refractivity (Wildman–Crippen MR) is 119 cm³/mol. The molecule has 0 unspecified atom stereocenters. The molecule has 0 aliphatic heterocycles. The number of amides is 3. The molecule has 0 saturated carbocycles. The first-order valence-electron chi connectivity index (χ1n) is 9.76. The largest absolute Gasteiger partial charge is 0.340 e. The van der Waals surface area contributed by atoms with Crippen LogP contribution in [0.4, 0.5) is 27.9 Å². The van der Waals surface area contributed by atoms with Gasteiger partial charge in [0.1, 0.15) is 5.52 Å². The molecular weight excluding hydrogens is 395 g/mol. The number of nitrogens with zero attached hydrogens (tertiary/aromatic N) is 4. The normalized spacial score (nSPS) is 10.8. The molecule has 0 aliphatic rings. The number of rotatable bonds is 5. The molecule has 0 aliphatic carbocycles. The Balaban J connectivity index is 1.70. The van der Waals surface area contributed by atoms with E-state index in [1.54, 1.807) is 13.8 Å². The van der Waals surface area contributed by atoms with Crippen LogP contribution in [0.3, 0.4) is 0 Å². The number of carbonyl (C=O) groups excluding carboxylic acids is 2. The monoisotopic (exact) mass is 416 g/mol. The van der Waals surface area contributed by atoms with Crippen molar-refractivity contribution in [2.75, 3.05) is 15.5 Å². The van der Waals surface area contributed by atoms with E-state index in [2.05, 4.69) is 30.6 Å². The Labute approximate surface area is 178 Å². The summed E-state index contributed by atoms with van der Waals surface area (Å²) in [7, 11) is 0. The third-order valence-electron chi connectivity index (χ3n) is 4.50. The summed E-state index contributed by atoms with van der Waals surface area (Å²) in [5, 5.41) is 5.47. The highest BCUT2D eigenvalue weighted by Gasteiger charge is 2.21. The minimum atomic E-state index is -0.423. The first-order chi connectivity index (χ1) is 15.0. The van der Waals surface area contributed by atoms with Crippen molar-refractivity contribution in [3.05, 3.63) is 67.0 Å². The summed E-state index contributed by atoms with van der Waals surface area (Å²) in [6, 6.07) is 18.1. The Morgan fingerprint density at radius 2 is 1.52 bits per heavy atom. The van der Waals surface area contributed by atoms with E-state index in [9.17, 15) is 9.59 Å². The van der Waals surface area contributed by atoms with Crippen LogP contribution in [0.1, 0.15) is 13.8 Å². The molecule has 2 heterocycles. The molecule has 0 radical (unpaired) electrons. The standard InChI is InChI=1S/C22H21N7O2/c1-14(2)20(30)28-21-25-18-17(23-13-24-18)19(26-21)27-22(31)29(15-9-5-3-6-10-15)16-11-7-4-8-12-16/h3-14H,1-2H3,(H3,23,24,25,26,27,28,30,31)/i28+1. The van der Waals surface area contributed by atoms with Gasteiger partial charge in [-0.25, -0.2) is 9.78 Å². The molecule has 156 valence electrons. The SMILES string of the molecule is CC(C)C(=O)[15NH]c1nc(NC(=O)N(c2ccccc2)c2ccccc2)c2[nH]cnc2n1. The Morgan fingerprint density at radius 3 is 2.10 bits per heavy atom. The fourth-order valence-corrected chi connectivity index (χ4v) is 2.93. The van der Waals surface area contributed by atoms with Gasteiger partial charge in [-0.05, 0) is 24.3 Å². The van der Waals surface area contributed by atoms with Crippen molar-refractivity contribution < 1.29 is 9.59 Å².